The largest absolute Gasteiger partial charge is 0.456 e. The number of carbonyl (C=O) groups excluding carboxylic acids is 2. The lowest BCUT2D eigenvalue weighted by atomic mass is 10.1. The number of likely N-dealkylation sites (N-methyl/N-ethyl adjacent to an activating group) is 1. The van der Waals surface area contributed by atoms with Gasteiger partial charge in [0.25, 0.3) is 0 Å². The van der Waals surface area contributed by atoms with E-state index in [2.05, 4.69) is 5.32 Å². The summed E-state index contributed by atoms with van der Waals surface area (Å²) >= 11 is 0. The Kier molecular flexibility index (Phi) is 3.70. The first-order valence-electron chi connectivity index (χ1n) is 6.60. The summed E-state index contributed by atoms with van der Waals surface area (Å²) in [6, 6.07) is 5.32. The first-order chi connectivity index (χ1) is 9.26. The number of fused-ring (bicyclic) bond motifs is 1. The zero-order valence-electron chi connectivity index (χ0n) is 12.3. The number of rotatable bonds is 1. The van der Waals surface area contributed by atoms with Gasteiger partial charge >= 0.3 is 5.97 Å². The molecule has 0 saturated heterocycles. The summed E-state index contributed by atoms with van der Waals surface area (Å²) in [4.78, 5) is 25.4. The Morgan fingerprint density at radius 2 is 2.05 bits per heavy atom. The lowest BCUT2D eigenvalue weighted by Crippen LogP contribution is -2.28. The van der Waals surface area contributed by atoms with E-state index in [0.717, 1.165) is 11.3 Å². The summed E-state index contributed by atoms with van der Waals surface area (Å²) in [5, 5.41) is 3.08. The number of hydrogen-bond acceptors (Lipinski definition) is 4. The third-order valence-corrected chi connectivity index (χ3v) is 3.00. The van der Waals surface area contributed by atoms with E-state index in [1.165, 1.54) is 0 Å². The van der Waals surface area contributed by atoms with Crippen LogP contribution in [0.4, 0.5) is 5.69 Å². The van der Waals surface area contributed by atoms with Crippen LogP contribution in [0.3, 0.4) is 0 Å². The van der Waals surface area contributed by atoms with Crippen LogP contribution in [0, 0.1) is 0 Å². The van der Waals surface area contributed by atoms with Crippen molar-refractivity contribution in [3.8, 4) is 0 Å². The molecule has 0 unspecified atom stereocenters. The minimum atomic E-state index is -0.519. The standard InChI is InChI=1S/C15H20N2O3/c1-15(2,3)20-14(19)10-5-6-12-11(7-10)9-17(4)13(18)8-16-12/h5-7,16H,8-9H2,1-4H3. The van der Waals surface area contributed by atoms with Gasteiger partial charge in [0.2, 0.25) is 5.91 Å². The first-order valence-corrected chi connectivity index (χ1v) is 6.60. The summed E-state index contributed by atoms with van der Waals surface area (Å²) < 4.78 is 5.35. The molecule has 1 aliphatic rings. The molecule has 0 radical (unpaired) electrons. The lowest BCUT2D eigenvalue weighted by Gasteiger charge is -2.20. The van der Waals surface area contributed by atoms with E-state index in [1.54, 1.807) is 24.1 Å². The maximum absolute atomic E-state index is 12.1. The van der Waals surface area contributed by atoms with Gasteiger partial charge in [-0.2, -0.15) is 0 Å². The molecule has 0 atom stereocenters. The van der Waals surface area contributed by atoms with Crippen LogP contribution < -0.4 is 5.32 Å². The maximum Gasteiger partial charge on any atom is 0.338 e. The lowest BCUT2D eigenvalue weighted by molar-refractivity contribution is -0.128. The molecular formula is C15H20N2O3. The van der Waals surface area contributed by atoms with Crippen molar-refractivity contribution in [3.63, 3.8) is 0 Å². The Morgan fingerprint density at radius 3 is 2.70 bits per heavy atom. The molecule has 1 amide bonds. The molecule has 5 nitrogen and oxygen atoms in total. The molecule has 0 fully saturated rings. The molecule has 1 aromatic rings. The van der Waals surface area contributed by atoms with Gasteiger partial charge in [-0.3, -0.25) is 4.79 Å². The van der Waals surface area contributed by atoms with Crippen molar-refractivity contribution in [1.29, 1.82) is 0 Å². The average molecular weight is 276 g/mol. The maximum atomic E-state index is 12.1. The molecule has 1 aliphatic heterocycles. The quantitative estimate of drug-likeness (QED) is 0.797. The zero-order chi connectivity index (χ0) is 14.9. The van der Waals surface area contributed by atoms with Crippen LogP contribution in [0.5, 0.6) is 0 Å². The monoisotopic (exact) mass is 276 g/mol. The van der Waals surface area contributed by atoms with Crippen LogP contribution in [0.1, 0.15) is 36.7 Å². The smallest absolute Gasteiger partial charge is 0.338 e. The van der Waals surface area contributed by atoms with E-state index < -0.39 is 5.60 Å². The molecular weight excluding hydrogens is 256 g/mol. The van der Waals surface area contributed by atoms with Crippen LogP contribution in [-0.4, -0.2) is 36.0 Å². The van der Waals surface area contributed by atoms with Gasteiger partial charge in [0.05, 0.1) is 12.1 Å². The van der Waals surface area contributed by atoms with Crippen LogP contribution >= 0.6 is 0 Å². The van der Waals surface area contributed by atoms with Gasteiger partial charge in [0, 0.05) is 19.3 Å². The number of esters is 1. The molecule has 1 N–H and O–H groups in total. The van der Waals surface area contributed by atoms with Crippen LogP contribution in [-0.2, 0) is 16.1 Å². The van der Waals surface area contributed by atoms with Crippen molar-refractivity contribution in [2.75, 3.05) is 18.9 Å². The third-order valence-electron chi connectivity index (χ3n) is 3.00. The van der Waals surface area contributed by atoms with E-state index in [-0.39, 0.29) is 18.4 Å². The van der Waals surface area contributed by atoms with Crippen molar-refractivity contribution in [2.45, 2.75) is 32.9 Å². The van der Waals surface area contributed by atoms with Crippen molar-refractivity contribution in [2.24, 2.45) is 0 Å². The summed E-state index contributed by atoms with van der Waals surface area (Å²) in [5.41, 5.74) is 1.79. The molecule has 1 heterocycles. The highest BCUT2D eigenvalue weighted by Crippen LogP contribution is 2.23. The molecule has 0 aromatic heterocycles. The fourth-order valence-electron chi connectivity index (χ4n) is 2.01. The number of nitrogens with one attached hydrogen (secondary N) is 1. The van der Waals surface area contributed by atoms with E-state index >= 15 is 0 Å². The number of hydrogen-bond donors (Lipinski definition) is 1. The van der Waals surface area contributed by atoms with Crippen molar-refractivity contribution in [1.82, 2.24) is 4.90 Å². The molecule has 0 saturated carbocycles. The topological polar surface area (TPSA) is 58.6 Å². The Hall–Kier alpha value is -2.04. The number of ether oxygens (including phenoxy) is 1. The van der Waals surface area contributed by atoms with Crippen molar-refractivity contribution in [3.05, 3.63) is 29.3 Å². The van der Waals surface area contributed by atoms with Gasteiger partial charge in [0.15, 0.2) is 0 Å². The Balaban J connectivity index is 2.26. The van der Waals surface area contributed by atoms with Crippen LogP contribution in [0.15, 0.2) is 18.2 Å². The third kappa shape index (κ3) is 3.29. The SMILES string of the molecule is CN1Cc2cc(C(=O)OC(C)(C)C)ccc2NCC1=O. The second-order valence-corrected chi connectivity index (χ2v) is 5.98. The molecule has 108 valence electrons. The first kappa shape index (κ1) is 14.4. The van der Waals surface area contributed by atoms with E-state index in [0.29, 0.717) is 12.1 Å². The number of nitrogens with zero attached hydrogens (tertiary/aromatic N) is 1. The number of amides is 1. The van der Waals surface area contributed by atoms with Gasteiger partial charge in [-0.1, -0.05) is 0 Å². The molecule has 2 rings (SSSR count). The molecule has 0 spiro atoms. The minimum Gasteiger partial charge on any atom is -0.456 e. The second kappa shape index (κ2) is 5.15. The van der Waals surface area contributed by atoms with Crippen LogP contribution in [0.2, 0.25) is 0 Å². The fraction of sp³-hybridized carbons (Fsp3) is 0.467. The second-order valence-electron chi connectivity index (χ2n) is 5.98. The minimum absolute atomic E-state index is 0.0278. The molecule has 5 heteroatoms. The molecule has 1 aromatic carbocycles. The van der Waals surface area contributed by atoms with Crippen molar-refractivity contribution < 1.29 is 14.3 Å². The van der Waals surface area contributed by atoms with E-state index in [4.69, 9.17) is 4.74 Å². The van der Waals surface area contributed by atoms with Gasteiger partial charge < -0.3 is 15.0 Å². The number of carbonyl (C=O) groups is 2. The highest BCUT2D eigenvalue weighted by atomic mass is 16.6. The summed E-state index contributed by atoms with van der Waals surface area (Å²) in [5.74, 6) is -0.321. The van der Waals surface area contributed by atoms with E-state index in [1.807, 2.05) is 26.8 Å². The fourth-order valence-corrected chi connectivity index (χ4v) is 2.01. The summed E-state index contributed by atoms with van der Waals surface area (Å²) in [6.45, 7) is 6.26. The highest BCUT2D eigenvalue weighted by molar-refractivity contribution is 5.91. The van der Waals surface area contributed by atoms with Crippen molar-refractivity contribution >= 4 is 17.6 Å². The normalized spacial score (nSPS) is 15.2. The number of anilines is 1. The predicted octanol–water partition coefficient (Wildman–Crippen LogP) is 2.03. The zero-order valence-corrected chi connectivity index (χ0v) is 12.3. The van der Waals surface area contributed by atoms with Crippen LogP contribution in [0.25, 0.3) is 0 Å². The molecule has 0 aliphatic carbocycles. The highest BCUT2D eigenvalue weighted by Gasteiger charge is 2.21. The predicted molar refractivity (Wildman–Crippen MR) is 76.6 cm³/mol. The Morgan fingerprint density at radius 1 is 1.35 bits per heavy atom. The van der Waals surface area contributed by atoms with E-state index in [9.17, 15) is 9.59 Å². The molecule has 20 heavy (non-hydrogen) atoms. The van der Waals surface area contributed by atoms with Gasteiger partial charge in [-0.15, -0.1) is 0 Å². The van der Waals surface area contributed by atoms with Gasteiger partial charge in [0.1, 0.15) is 5.60 Å². The summed E-state index contributed by atoms with van der Waals surface area (Å²) in [6.07, 6.45) is 0. The van der Waals surface area contributed by atoms with Gasteiger partial charge in [-0.05, 0) is 44.5 Å². The molecule has 0 bridgehead atoms. The Bertz CT molecular complexity index is 547. The average Bonchev–Trinajstić information content (AvgIpc) is 2.47. The Labute approximate surface area is 118 Å². The number of benzene rings is 1. The van der Waals surface area contributed by atoms with Gasteiger partial charge in [-0.25, -0.2) is 4.79 Å². The summed E-state index contributed by atoms with van der Waals surface area (Å²) in [7, 11) is 1.75.